The maximum Gasteiger partial charge on any atom is 0.321 e. The van der Waals surface area contributed by atoms with E-state index in [1.54, 1.807) is 0 Å². The largest absolute Gasteiger partial charge is 0.481 e. The molecule has 76 valence electrons. The third-order valence-corrected chi connectivity index (χ3v) is 1.28. The molecule has 0 spiro atoms. The first-order chi connectivity index (χ1) is 6.65. The van der Waals surface area contributed by atoms with E-state index in [1.165, 1.54) is 20.3 Å². The fourth-order valence-electron chi connectivity index (χ4n) is 0.750. The summed E-state index contributed by atoms with van der Waals surface area (Å²) in [4.78, 5) is 17.6. The molecular formula is C6H8N4O4. The number of hydrogen-bond donors (Lipinski definition) is 1. The van der Waals surface area contributed by atoms with Crippen LogP contribution in [0.25, 0.3) is 0 Å². The molecular weight excluding hydrogens is 192 g/mol. The summed E-state index contributed by atoms with van der Waals surface area (Å²) >= 11 is 0. The molecule has 1 rings (SSSR count). The highest BCUT2D eigenvalue weighted by Crippen LogP contribution is 2.16. The van der Waals surface area contributed by atoms with Crippen molar-refractivity contribution >= 4 is 5.82 Å². The number of rotatable bonds is 4. The van der Waals surface area contributed by atoms with Gasteiger partial charge in [0.15, 0.2) is 5.03 Å². The Morgan fingerprint density at radius 2 is 2.14 bits per heavy atom. The van der Waals surface area contributed by atoms with E-state index in [4.69, 9.17) is 9.47 Å². The van der Waals surface area contributed by atoms with Crippen LogP contribution in [0.3, 0.4) is 0 Å². The predicted molar refractivity (Wildman–Crippen MR) is 45.8 cm³/mol. The average Bonchev–Trinajstić information content (AvgIpc) is 2.16. The topological polar surface area (TPSA) is 99.4 Å². The minimum absolute atomic E-state index is 0.00120. The van der Waals surface area contributed by atoms with Crippen molar-refractivity contribution in [2.24, 2.45) is 0 Å². The molecule has 0 aliphatic heterocycles. The maximum atomic E-state index is 10.1. The van der Waals surface area contributed by atoms with Gasteiger partial charge in [-0.15, -0.1) is 0 Å². The van der Waals surface area contributed by atoms with Crippen molar-refractivity contribution in [1.82, 2.24) is 9.97 Å². The van der Waals surface area contributed by atoms with Crippen LogP contribution in [0.2, 0.25) is 0 Å². The van der Waals surface area contributed by atoms with E-state index in [2.05, 4.69) is 9.97 Å². The summed E-state index contributed by atoms with van der Waals surface area (Å²) in [5.74, 6) is 0.180. The van der Waals surface area contributed by atoms with Crippen LogP contribution in [-0.4, -0.2) is 29.2 Å². The Labute approximate surface area is 79.0 Å². The first-order valence-electron chi connectivity index (χ1n) is 3.54. The molecule has 14 heavy (non-hydrogen) atoms. The van der Waals surface area contributed by atoms with E-state index < -0.39 is 5.03 Å². The van der Waals surface area contributed by atoms with Gasteiger partial charge in [0.1, 0.15) is 0 Å². The van der Waals surface area contributed by atoms with Gasteiger partial charge in [0, 0.05) is 6.07 Å². The number of methoxy groups -OCH3 is 2. The number of hydrazine groups is 1. The second kappa shape index (κ2) is 4.21. The number of nitrogens with zero attached hydrogens (tertiary/aromatic N) is 3. The molecule has 0 aromatic carbocycles. The molecule has 1 aromatic heterocycles. The molecule has 1 heterocycles. The highest BCUT2D eigenvalue weighted by molar-refractivity contribution is 5.37. The van der Waals surface area contributed by atoms with Crippen LogP contribution >= 0.6 is 0 Å². The van der Waals surface area contributed by atoms with E-state index >= 15 is 0 Å². The lowest BCUT2D eigenvalue weighted by Crippen LogP contribution is -2.10. The van der Waals surface area contributed by atoms with Crippen molar-refractivity contribution in [2.45, 2.75) is 0 Å². The van der Waals surface area contributed by atoms with Crippen molar-refractivity contribution in [3.8, 4) is 11.9 Å². The molecule has 8 heteroatoms. The van der Waals surface area contributed by atoms with Gasteiger partial charge in [0.25, 0.3) is 0 Å². The third-order valence-electron chi connectivity index (χ3n) is 1.28. The molecule has 0 bridgehead atoms. The highest BCUT2D eigenvalue weighted by Gasteiger charge is 2.08. The molecule has 0 amide bonds. The summed E-state index contributed by atoms with van der Waals surface area (Å²) in [6, 6.07) is 1.28. The fraction of sp³-hybridized carbons (Fsp3) is 0.333. The standard InChI is InChI=1S/C6H8N4O4/c1-13-5-3-4(9-10(11)12)7-6(8-5)14-2/h3H,1-2H3,(H,7,8,9). The molecule has 8 nitrogen and oxygen atoms in total. The minimum Gasteiger partial charge on any atom is -0.481 e. The Balaban J connectivity index is 2.98. The smallest absolute Gasteiger partial charge is 0.321 e. The summed E-state index contributed by atoms with van der Waals surface area (Å²) in [6.45, 7) is 0. The van der Waals surface area contributed by atoms with Gasteiger partial charge < -0.3 is 9.47 Å². The fourth-order valence-corrected chi connectivity index (χ4v) is 0.750. The Morgan fingerprint density at radius 3 is 2.64 bits per heavy atom. The predicted octanol–water partition coefficient (Wildman–Crippen LogP) is 0.0974. The number of anilines is 1. The molecule has 1 N–H and O–H groups in total. The van der Waals surface area contributed by atoms with Crippen molar-refractivity contribution in [1.29, 1.82) is 0 Å². The molecule has 1 aromatic rings. The van der Waals surface area contributed by atoms with Crippen molar-refractivity contribution in [2.75, 3.05) is 19.6 Å². The molecule has 0 radical (unpaired) electrons. The van der Waals surface area contributed by atoms with E-state index in [0.29, 0.717) is 0 Å². The van der Waals surface area contributed by atoms with Crippen LogP contribution < -0.4 is 14.9 Å². The van der Waals surface area contributed by atoms with Crippen LogP contribution in [-0.2, 0) is 0 Å². The lowest BCUT2D eigenvalue weighted by molar-refractivity contribution is -0.445. The Kier molecular flexibility index (Phi) is 3.00. The van der Waals surface area contributed by atoms with Crippen molar-refractivity contribution in [3.05, 3.63) is 16.2 Å². The number of hydrogen-bond acceptors (Lipinski definition) is 6. The van der Waals surface area contributed by atoms with Crippen LogP contribution in [0.1, 0.15) is 0 Å². The Morgan fingerprint density at radius 1 is 1.43 bits per heavy atom. The van der Waals surface area contributed by atoms with Crippen LogP contribution in [0.15, 0.2) is 6.07 Å². The zero-order valence-corrected chi connectivity index (χ0v) is 7.55. The van der Waals surface area contributed by atoms with Crippen molar-refractivity contribution in [3.63, 3.8) is 0 Å². The maximum absolute atomic E-state index is 10.1. The molecule has 0 unspecified atom stereocenters. The summed E-state index contributed by atoms with van der Waals surface area (Å²) in [5, 5.41) is 9.39. The average molecular weight is 200 g/mol. The SMILES string of the molecule is COc1cc(N[N+](=O)[O-])nc(OC)n1. The van der Waals surface area contributed by atoms with Gasteiger partial charge in [-0.2, -0.15) is 9.97 Å². The number of ether oxygens (including phenoxy) is 2. The molecule has 0 aliphatic carbocycles. The third kappa shape index (κ3) is 2.44. The van der Waals surface area contributed by atoms with Gasteiger partial charge >= 0.3 is 6.01 Å². The van der Waals surface area contributed by atoms with Crippen LogP contribution in [0.4, 0.5) is 5.82 Å². The summed E-state index contributed by atoms with van der Waals surface area (Å²) in [5.41, 5.74) is 1.87. The zero-order chi connectivity index (χ0) is 10.6. The van der Waals surface area contributed by atoms with Gasteiger partial charge in [-0.1, -0.05) is 5.43 Å². The highest BCUT2D eigenvalue weighted by atomic mass is 16.7. The molecule has 0 atom stereocenters. The van der Waals surface area contributed by atoms with Crippen molar-refractivity contribution < 1.29 is 14.5 Å². The Hall–Kier alpha value is -2.12. The lowest BCUT2D eigenvalue weighted by atomic mass is 10.6. The zero-order valence-electron chi connectivity index (χ0n) is 7.55. The number of nitro groups is 1. The second-order valence-corrected chi connectivity index (χ2v) is 2.15. The first-order valence-corrected chi connectivity index (χ1v) is 3.54. The van der Waals surface area contributed by atoms with Gasteiger partial charge in [-0.3, -0.25) is 0 Å². The second-order valence-electron chi connectivity index (χ2n) is 2.15. The number of aromatic nitrogens is 2. The quantitative estimate of drug-likeness (QED) is 0.543. The minimum atomic E-state index is -0.735. The monoisotopic (exact) mass is 200 g/mol. The normalized spacial score (nSPS) is 9.29. The van der Waals surface area contributed by atoms with Gasteiger partial charge in [0.2, 0.25) is 11.7 Å². The van der Waals surface area contributed by atoms with Gasteiger partial charge in [-0.05, 0) is 0 Å². The van der Waals surface area contributed by atoms with E-state index in [-0.39, 0.29) is 17.7 Å². The first kappa shape index (κ1) is 9.96. The van der Waals surface area contributed by atoms with Gasteiger partial charge in [-0.25, -0.2) is 10.1 Å². The van der Waals surface area contributed by atoms with E-state index in [1.807, 2.05) is 5.43 Å². The lowest BCUT2D eigenvalue weighted by Gasteiger charge is -2.03. The van der Waals surface area contributed by atoms with E-state index in [0.717, 1.165) is 0 Å². The number of nitrogens with one attached hydrogen (secondary N) is 1. The summed E-state index contributed by atoms with van der Waals surface area (Å²) < 4.78 is 9.50. The molecule has 0 fully saturated rings. The summed E-state index contributed by atoms with van der Waals surface area (Å²) in [6.07, 6.45) is 0. The Bertz CT molecular complexity index is 320. The van der Waals surface area contributed by atoms with Crippen LogP contribution in [0.5, 0.6) is 11.9 Å². The van der Waals surface area contributed by atoms with Gasteiger partial charge in [0.05, 0.1) is 14.2 Å². The molecule has 0 saturated carbocycles. The molecule has 0 aliphatic rings. The molecule has 0 saturated heterocycles. The summed E-state index contributed by atoms with van der Waals surface area (Å²) in [7, 11) is 2.74. The van der Waals surface area contributed by atoms with E-state index in [9.17, 15) is 10.1 Å². The van der Waals surface area contributed by atoms with Crippen LogP contribution in [0, 0.1) is 10.1 Å².